The molecule has 0 fully saturated rings. The fourth-order valence-corrected chi connectivity index (χ4v) is 2.12. The van der Waals surface area contributed by atoms with Crippen LogP contribution in [0, 0.1) is 6.92 Å². The van der Waals surface area contributed by atoms with Gasteiger partial charge in [0.15, 0.2) is 0 Å². The van der Waals surface area contributed by atoms with E-state index < -0.39 is 0 Å². The summed E-state index contributed by atoms with van der Waals surface area (Å²) in [6.45, 7) is 6.34. The van der Waals surface area contributed by atoms with Crippen LogP contribution in [0.5, 0.6) is 5.75 Å². The van der Waals surface area contributed by atoms with E-state index in [2.05, 4.69) is 15.9 Å². The maximum atomic E-state index is 5.69. The van der Waals surface area contributed by atoms with Crippen molar-refractivity contribution in [3.05, 3.63) is 27.7 Å². The van der Waals surface area contributed by atoms with Gasteiger partial charge < -0.3 is 15.2 Å². The monoisotopic (exact) mass is 287 g/mol. The Hall–Kier alpha value is -0.580. The van der Waals surface area contributed by atoms with Crippen LogP contribution in [-0.4, -0.2) is 19.8 Å². The minimum atomic E-state index is 0.476. The molecule has 0 bridgehead atoms. The molecular formula is C12H18BrNO2. The molecule has 4 heteroatoms. The molecular weight excluding hydrogens is 270 g/mol. The fourth-order valence-electron chi connectivity index (χ4n) is 1.50. The van der Waals surface area contributed by atoms with Crippen molar-refractivity contribution in [1.29, 1.82) is 0 Å². The third-order valence-corrected chi connectivity index (χ3v) is 2.67. The molecule has 1 aromatic carbocycles. The summed E-state index contributed by atoms with van der Waals surface area (Å²) < 4.78 is 11.9. The van der Waals surface area contributed by atoms with E-state index in [4.69, 9.17) is 15.2 Å². The SMILES string of the molecule is CCOCCOc1c(C)cc(Br)cc1CN. The fraction of sp³-hybridized carbons (Fsp3) is 0.500. The van der Waals surface area contributed by atoms with Crippen LogP contribution in [-0.2, 0) is 11.3 Å². The Kier molecular flexibility index (Phi) is 5.80. The van der Waals surface area contributed by atoms with Gasteiger partial charge in [0.25, 0.3) is 0 Å². The average Bonchev–Trinajstić information content (AvgIpc) is 2.26. The van der Waals surface area contributed by atoms with E-state index in [-0.39, 0.29) is 0 Å². The molecule has 1 rings (SSSR count). The number of benzene rings is 1. The summed E-state index contributed by atoms with van der Waals surface area (Å²) in [5.74, 6) is 0.880. The van der Waals surface area contributed by atoms with Crippen LogP contribution in [0.4, 0.5) is 0 Å². The molecule has 0 radical (unpaired) electrons. The molecule has 0 saturated heterocycles. The normalized spacial score (nSPS) is 10.5. The lowest BCUT2D eigenvalue weighted by Gasteiger charge is -2.13. The van der Waals surface area contributed by atoms with Crippen molar-refractivity contribution in [1.82, 2.24) is 0 Å². The molecule has 3 nitrogen and oxygen atoms in total. The van der Waals surface area contributed by atoms with Gasteiger partial charge in [-0.15, -0.1) is 0 Å². The summed E-state index contributed by atoms with van der Waals surface area (Å²) in [4.78, 5) is 0. The lowest BCUT2D eigenvalue weighted by molar-refractivity contribution is 0.109. The minimum absolute atomic E-state index is 0.476. The number of hydrogen-bond acceptors (Lipinski definition) is 3. The number of ether oxygens (including phenoxy) is 2. The maximum Gasteiger partial charge on any atom is 0.126 e. The third-order valence-electron chi connectivity index (χ3n) is 2.21. The standard InChI is InChI=1S/C12H18BrNO2/c1-3-15-4-5-16-12-9(2)6-11(13)7-10(12)8-14/h6-7H,3-5,8,14H2,1-2H3. The molecule has 0 aliphatic carbocycles. The van der Waals surface area contributed by atoms with E-state index in [1.54, 1.807) is 0 Å². The summed E-state index contributed by atoms with van der Waals surface area (Å²) in [7, 11) is 0. The molecule has 0 aliphatic heterocycles. The molecule has 0 aromatic heterocycles. The van der Waals surface area contributed by atoms with Crippen LogP contribution in [0.15, 0.2) is 16.6 Å². The molecule has 0 atom stereocenters. The van der Waals surface area contributed by atoms with Crippen LogP contribution < -0.4 is 10.5 Å². The first-order valence-corrected chi connectivity index (χ1v) is 6.18. The zero-order valence-electron chi connectivity index (χ0n) is 9.75. The lowest BCUT2D eigenvalue weighted by Crippen LogP contribution is -2.10. The first-order chi connectivity index (χ1) is 7.69. The van der Waals surface area contributed by atoms with Crippen molar-refractivity contribution in [3.63, 3.8) is 0 Å². The predicted molar refractivity (Wildman–Crippen MR) is 68.8 cm³/mol. The quantitative estimate of drug-likeness (QED) is 0.818. The van der Waals surface area contributed by atoms with Gasteiger partial charge in [0.05, 0.1) is 6.61 Å². The highest BCUT2D eigenvalue weighted by atomic mass is 79.9. The Morgan fingerprint density at radius 3 is 2.69 bits per heavy atom. The molecule has 1 aromatic rings. The van der Waals surface area contributed by atoms with Crippen molar-refractivity contribution < 1.29 is 9.47 Å². The molecule has 0 unspecified atom stereocenters. The molecule has 0 heterocycles. The second-order valence-corrected chi connectivity index (χ2v) is 4.38. The number of nitrogens with two attached hydrogens (primary N) is 1. The number of aryl methyl sites for hydroxylation is 1. The van der Waals surface area contributed by atoms with Crippen molar-refractivity contribution in [2.45, 2.75) is 20.4 Å². The summed E-state index contributed by atoms with van der Waals surface area (Å²) in [5.41, 5.74) is 7.79. The zero-order valence-corrected chi connectivity index (χ0v) is 11.3. The summed E-state index contributed by atoms with van der Waals surface area (Å²) in [6.07, 6.45) is 0. The van der Waals surface area contributed by atoms with Crippen LogP contribution >= 0.6 is 15.9 Å². The van der Waals surface area contributed by atoms with Gasteiger partial charge in [0.2, 0.25) is 0 Å². The highest BCUT2D eigenvalue weighted by Crippen LogP contribution is 2.27. The van der Waals surface area contributed by atoms with Gasteiger partial charge in [-0.25, -0.2) is 0 Å². The Bertz CT molecular complexity index is 342. The first kappa shape index (κ1) is 13.5. The Morgan fingerprint density at radius 1 is 1.31 bits per heavy atom. The molecule has 0 amide bonds. The Balaban J connectivity index is 2.70. The van der Waals surface area contributed by atoms with Crippen molar-refractivity contribution in [2.24, 2.45) is 5.73 Å². The molecule has 2 N–H and O–H groups in total. The van der Waals surface area contributed by atoms with Crippen LogP contribution in [0.1, 0.15) is 18.1 Å². The zero-order chi connectivity index (χ0) is 12.0. The van der Waals surface area contributed by atoms with Crippen LogP contribution in [0.2, 0.25) is 0 Å². The van der Waals surface area contributed by atoms with E-state index in [9.17, 15) is 0 Å². The van der Waals surface area contributed by atoms with Gasteiger partial charge in [-0.1, -0.05) is 15.9 Å². The number of hydrogen-bond donors (Lipinski definition) is 1. The largest absolute Gasteiger partial charge is 0.491 e. The molecule has 90 valence electrons. The predicted octanol–water partition coefficient (Wildman–Crippen LogP) is 2.63. The van der Waals surface area contributed by atoms with E-state index in [0.29, 0.717) is 26.4 Å². The topological polar surface area (TPSA) is 44.5 Å². The van der Waals surface area contributed by atoms with Gasteiger partial charge >= 0.3 is 0 Å². The highest BCUT2D eigenvalue weighted by molar-refractivity contribution is 9.10. The van der Waals surface area contributed by atoms with Crippen molar-refractivity contribution in [3.8, 4) is 5.75 Å². The van der Waals surface area contributed by atoms with Gasteiger partial charge in [-0.05, 0) is 31.5 Å². The van der Waals surface area contributed by atoms with E-state index in [1.165, 1.54) is 0 Å². The summed E-state index contributed by atoms with van der Waals surface area (Å²) in [6, 6.07) is 4.01. The van der Waals surface area contributed by atoms with Gasteiger partial charge in [0, 0.05) is 23.2 Å². The highest BCUT2D eigenvalue weighted by Gasteiger charge is 2.07. The summed E-state index contributed by atoms with van der Waals surface area (Å²) in [5, 5.41) is 0. The van der Waals surface area contributed by atoms with Gasteiger partial charge in [0.1, 0.15) is 12.4 Å². The number of halogens is 1. The minimum Gasteiger partial charge on any atom is -0.491 e. The second-order valence-electron chi connectivity index (χ2n) is 3.46. The van der Waals surface area contributed by atoms with Gasteiger partial charge in [-0.3, -0.25) is 0 Å². The Morgan fingerprint density at radius 2 is 2.06 bits per heavy atom. The average molecular weight is 288 g/mol. The molecule has 0 aliphatic rings. The Labute approximate surface area is 105 Å². The molecule has 0 spiro atoms. The van der Waals surface area contributed by atoms with E-state index in [0.717, 1.165) is 21.3 Å². The van der Waals surface area contributed by atoms with Crippen LogP contribution in [0.3, 0.4) is 0 Å². The smallest absolute Gasteiger partial charge is 0.126 e. The summed E-state index contributed by atoms with van der Waals surface area (Å²) >= 11 is 3.45. The second kappa shape index (κ2) is 6.89. The third kappa shape index (κ3) is 3.77. The maximum absolute atomic E-state index is 5.69. The van der Waals surface area contributed by atoms with E-state index >= 15 is 0 Å². The molecule has 16 heavy (non-hydrogen) atoms. The van der Waals surface area contributed by atoms with Crippen molar-refractivity contribution in [2.75, 3.05) is 19.8 Å². The first-order valence-electron chi connectivity index (χ1n) is 5.38. The number of rotatable bonds is 6. The van der Waals surface area contributed by atoms with Crippen LogP contribution in [0.25, 0.3) is 0 Å². The molecule has 0 saturated carbocycles. The lowest BCUT2D eigenvalue weighted by atomic mass is 10.1. The van der Waals surface area contributed by atoms with Gasteiger partial charge in [-0.2, -0.15) is 0 Å². The van der Waals surface area contributed by atoms with E-state index in [1.807, 2.05) is 26.0 Å². The van der Waals surface area contributed by atoms with Crippen molar-refractivity contribution >= 4 is 15.9 Å².